The van der Waals surface area contributed by atoms with Gasteiger partial charge in [0.1, 0.15) is 11.5 Å². The van der Waals surface area contributed by atoms with Crippen molar-refractivity contribution in [3.05, 3.63) is 96.8 Å². The number of nitrogens with one attached hydrogen (secondary N) is 1. The maximum absolute atomic E-state index is 12.7. The largest absolute Gasteiger partial charge is 0.457 e. The number of anilines is 1. The number of aromatic nitrogens is 1. The van der Waals surface area contributed by atoms with E-state index in [1.165, 1.54) is 0 Å². The zero-order valence-corrected chi connectivity index (χ0v) is 13.9. The van der Waals surface area contributed by atoms with Gasteiger partial charge in [0, 0.05) is 23.6 Å². The van der Waals surface area contributed by atoms with Gasteiger partial charge >= 0.3 is 0 Å². The maximum Gasteiger partial charge on any atom is 0.256 e. The second-order valence-corrected chi connectivity index (χ2v) is 5.79. The summed E-state index contributed by atoms with van der Waals surface area (Å²) in [6.45, 7) is 0. The number of hydrogen-bond acceptors (Lipinski definition) is 3. The minimum absolute atomic E-state index is 0.135. The first-order valence-corrected chi connectivity index (χ1v) is 8.27. The van der Waals surface area contributed by atoms with Crippen molar-refractivity contribution in [1.82, 2.24) is 4.98 Å². The third-order valence-corrected chi connectivity index (χ3v) is 4.03. The Kier molecular flexibility index (Phi) is 4.31. The van der Waals surface area contributed by atoms with Gasteiger partial charge in [0.05, 0.1) is 0 Å². The second-order valence-electron chi connectivity index (χ2n) is 5.79. The number of hydrogen-bond donors (Lipinski definition) is 1. The summed E-state index contributed by atoms with van der Waals surface area (Å²) < 4.78 is 5.73. The highest BCUT2D eigenvalue weighted by Crippen LogP contribution is 2.23. The molecule has 0 saturated heterocycles. The van der Waals surface area contributed by atoms with Gasteiger partial charge in [-0.15, -0.1) is 0 Å². The monoisotopic (exact) mass is 340 g/mol. The molecule has 0 radical (unpaired) electrons. The summed E-state index contributed by atoms with van der Waals surface area (Å²) in [4.78, 5) is 16.6. The number of carbonyl (C=O) groups is 1. The van der Waals surface area contributed by atoms with Crippen LogP contribution < -0.4 is 10.1 Å². The molecule has 0 aliphatic rings. The first-order chi connectivity index (χ1) is 12.8. The Labute approximate surface area is 151 Å². The fraction of sp³-hybridized carbons (Fsp3) is 0. The van der Waals surface area contributed by atoms with Crippen LogP contribution in [0.25, 0.3) is 10.8 Å². The number of nitrogens with zero attached hydrogens (tertiary/aromatic N) is 1. The van der Waals surface area contributed by atoms with Gasteiger partial charge in [-0.2, -0.15) is 0 Å². The molecule has 26 heavy (non-hydrogen) atoms. The molecule has 0 bridgehead atoms. The Morgan fingerprint density at radius 1 is 0.769 bits per heavy atom. The standard InChI is InChI=1S/C22H16N2O2/c25-22(21-7-3-5-16-4-1-2-6-20(16)21)24-17-8-10-18(11-9-17)26-19-12-14-23-15-13-19/h1-15H,(H,24,25). The molecule has 0 spiro atoms. The molecule has 0 aliphatic carbocycles. The lowest BCUT2D eigenvalue weighted by atomic mass is 10.0. The molecule has 4 nitrogen and oxygen atoms in total. The molecule has 0 unspecified atom stereocenters. The van der Waals surface area contributed by atoms with Gasteiger partial charge < -0.3 is 10.1 Å². The molecule has 0 aliphatic heterocycles. The van der Waals surface area contributed by atoms with Crippen molar-refractivity contribution in [1.29, 1.82) is 0 Å². The van der Waals surface area contributed by atoms with Crippen LogP contribution >= 0.6 is 0 Å². The van der Waals surface area contributed by atoms with Gasteiger partial charge in [-0.1, -0.05) is 36.4 Å². The van der Waals surface area contributed by atoms with E-state index in [4.69, 9.17) is 4.74 Å². The molecule has 4 aromatic rings. The van der Waals surface area contributed by atoms with Crippen LogP contribution in [-0.2, 0) is 0 Å². The third kappa shape index (κ3) is 3.39. The molecule has 1 N–H and O–H groups in total. The normalized spacial score (nSPS) is 10.5. The second kappa shape index (κ2) is 7.07. The van der Waals surface area contributed by atoms with Gasteiger partial charge in [0.2, 0.25) is 0 Å². The van der Waals surface area contributed by atoms with E-state index in [2.05, 4.69) is 10.3 Å². The molecule has 0 fully saturated rings. The van der Waals surface area contributed by atoms with Crippen molar-refractivity contribution >= 4 is 22.4 Å². The van der Waals surface area contributed by atoms with E-state index in [0.29, 0.717) is 22.7 Å². The van der Waals surface area contributed by atoms with E-state index in [0.717, 1.165) is 10.8 Å². The molecular formula is C22H16N2O2. The van der Waals surface area contributed by atoms with Gasteiger partial charge in [-0.25, -0.2) is 0 Å². The minimum Gasteiger partial charge on any atom is -0.457 e. The first kappa shape index (κ1) is 15.8. The molecule has 0 atom stereocenters. The zero-order chi connectivity index (χ0) is 17.8. The summed E-state index contributed by atoms with van der Waals surface area (Å²) in [5.74, 6) is 1.27. The van der Waals surface area contributed by atoms with Crippen LogP contribution in [0.5, 0.6) is 11.5 Å². The molecule has 4 rings (SSSR count). The SMILES string of the molecule is O=C(Nc1ccc(Oc2ccncc2)cc1)c1cccc2ccccc12. The number of benzene rings is 3. The molecule has 1 aromatic heterocycles. The summed E-state index contributed by atoms with van der Waals surface area (Å²) >= 11 is 0. The quantitative estimate of drug-likeness (QED) is 0.550. The molecule has 1 heterocycles. The topological polar surface area (TPSA) is 51.2 Å². The summed E-state index contributed by atoms with van der Waals surface area (Å²) in [7, 11) is 0. The van der Waals surface area contributed by atoms with Crippen LogP contribution in [0.4, 0.5) is 5.69 Å². The lowest BCUT2D eigenvalue weighted by Crippen LogP contribution is -2.12. The Hall–Kier alpha value is -3.66. The van der Waals surface area contributed by atoms with Crippen molar-refractivity contribution in [2.45, 2.75) is 0 Å². The molecule has 126 valence electrons. The predicted octanol–water partition coefficient (Wildman–Crippen LogP) is 5.28. The Bertz CT molecular complexity index is 1040. The number of carbonyl (C=O) groups excluding carboxylic acids is 1. The van der Waals surface area contributed by atoms with Crippen molar-refractivity contribution in [2.24, 2.45) is 0 Å². The lowest BCUT2D eigenvalue weighted by molar-refractivity contribution is 0.102. The minimum atomic E-state index is -0.135. The van der Waals surface area contributed by atoms with E-state index >= 15 is 0 Å². The van der Waals surface area contributed by atoms with Gasteiger partial charge in [0.15, 0.2) is 0 Å². The Morgan fingerprint density at radius 3 is 2.27 bits per heavy atom. The first-order valence-electron chi connectivity index (χ1n) is 8.27. The maximum atomic E-state index is 12.7. The molecular weight excluding hydrogens is 324 g/mol. The molecule has 4 heteroatoms. The van der Waals surface area contributed by atoms with Crippen LogP contribution in [0.1, 0.15) is 10.4 Å². The zero-order valence-electron chi connectivity index (χ0n) is 13.9. The molecule has 3 aromatic carbocycles. The smallest absolute Gasteiger partial charge is 0.256 e. The molecule has 1 amide bonds. The predicted molar refractivity (Wildman–Crippen MR) is 103 cm³/mol. The van der Waals surface area contributed by atoms with E-state index in [-0.39, 0.29) is 5.91 Å². The highest BCUT2D eigenvalue weighted by atomic mass is 16.5. The lowest BCUT2D eigenvalue weighted by Gasteiger charge is -2.09. The summed E-state index contributed by atoms with van der Waals surface area (Å²) in [5.41, 5.74) is 1.37. The fourth-order valence-corrected chi connectivity index (χ4v) is 2.77. The summed E-state index contributed by atoms with van der Waals surface area (Å²) in [5, 5.41) is 4.92. The van der Waals surface area contributed by atoms with Crippen molar-refractivity contribution in [3.63, 3.8) is 0 Å². The van der Waals surface area contributed by atoms with Crippen LogP contribution in [0, 0.1) is 0 Å². The van der Waals surface area contributed by atoms with Gasteiger partial charge in [-0.3, -0.25) is 9.78 Å². The number of fused-ring (bicyclic) bond motifs is 1. The average Bonchev–Trinajstić information content (AvgIpc) is 2.70. The van der Waals surface area contributed by atoms with Crippen LogP contribution in [0.3, 0.4) is 0 Å². The van der Waals surface area contributed by atoms with Crippen LogP contribution in [0.2, 0.25) is 0 Å². The van der Waals surface area contributed by atoms with Crippen LogP contribution in [-0.4, -0.2) is 10.9 Å². The number of rotatable bonds is 4. The highest BCUT2D eigenvalue weighted by molar-refractivity contribution is 6.12. The van der Waals surface area contributed by atoms with E-state index in [9.17, 15) is 4.79 Å². The molecule has 0 saturated carbocycles. The fourth-order valence-electron chi connectivity index (χ4n) is 2.77. The van der Waals surface area contributed by atoms with E-state index in [1.54, 1.807) is 24.5 Å². The highest BCUT2D eigenvalue weighted by Gasteiger charge is 2.10. The average molecular weight is 340 g/mol. The number of ether oxygens (including phenoxy) is 1. The summed E-state index contributed by atoms with van der Waals surface area (Å²) in [6, 6.07) is 24.4. The van der Waals surface area contributed by atoms with Crippen molar-refractivity contribution < 1.29 is 9.53 Å². The Morgan fingerprint density at radius 2 is 1.46 bits per heavy atom. The number of pyridine rings is 1. The summed E-state index contributed by atoms with van der Waals surface area (Å²) in [6.07, 6.45) is 3.35. The third-order valence-electron chi connectivity index (χ3n) is 4.03. The number of amides is 1. The Balaban J connectivity index is 1.51. The van der Waals surface area contributed by atoms with Gasteiger partial charge in [0.25, 0.3) is 5.91 Å². The van der Waals surface area contributed by atoms with Crippen molar-refractivity contribution in [3.8, 4) is 11.5 Å². The van der Waals surface area contributed by atoms with Crippen LogP contribution in [0.15, 0.2) is 91.3 Å². The van der Waals surface area contributed by atoms with E-state index in [1.807, 2.05) is 66.7 Å². The van der Waals surface area contributed by atoms with Gasteiger partial charge in [-0.05, 0) is 53.2 Å². The van der Waals surface area contributed by atoms with E-state index < -0.39 is 0 Å². The van der Waals surface area contributed by atoms with Crippen molar-refractivity contribution in [2.75, 3.05) is 5.32 Å².